The Morgan fingerprint density at radius 2 is 1.52 bits per heavy atom. The van der Waals surface area contributed by atoms with Crippen molar-refractivity contribution in [1.82, 2.24) is 15.2 Å². The van der Waals surface area contributed by atoms with Crippen LogP contribution in [0.3, 0.4) is 0 Å². The van der Waals surface area contributed by atoms with Gasteiger partial charge >= 0.3 is 0 Å². The summed E-state index contributed by atoms with van der Waals surface area (Å²) >= 11 is 0. The second kappa shape index (κ2) is 7.85. The van der Waals surface area contributed by atoms with Crippen molar-refractivity contribution in [2.45, 2.75) is 18.7 Å². The summed E-state index contributed by atoms with van der Waals surface area (Å²) in [7, 11) is -1.19. The number of carbonyl (C=O) groups excluding carboxylic acids is 2. The molecule has 9 heteroatoms. The molecule has 0 saturated heterocycles. The molecule has 0 unspecified atom stereocenters. The van der Waals surface area contributed by atoms with E-state index in [1.54, 1.807) is 19.1 Å². The third kappa shape index (κ3) is 4.50. The van der Waals surface area contributed by atoms with Crippen LogP contribution in [0.2, 0.25) is 0 Å². The highest BCUT2D eigenvalue weighted by atomic mass is 32.2. The highest BCUT2D eigenvalue weighted by Gasteiger charge is 2.21. The molecule has 0 spiro atoms. The lowest BCUT2D eigenvalue weighted by atomic mass is 10.1. The van der Waals surface area contributed by atoms with Crippen molar-refractivity contribution >= 4 is 21.8 Å². The van der Waals surface area contributed by atoms with Crippen molar-refractivity contribution in [3.8, 4) is 0 Å². The third-order valence-corrected chi connectivity index (χ3v) is 5.69. The van der Waals surface area contributed by atoms with E-state index in [1.807, 2.05) is 13.0 Å². The maximum absolute atomic E-state index is 14.0. The maximum Gasteiger partial charge on any atom is 0.272 e. The number of hydrogen-bond acceptors (Lipinski definition) is 4. The van der Waals surface area contributed by atoms with E-state index >= 15 is 0 Å². The Morgan fingerprint density at radius 3 is 2.07 bits per heavy atom. The molecule has 2 aromatic rings. The van der Waals surface area contributed by atoms with E-state index in [9.17, 15) is 22.4 Å². The van der Waals surface area contributed by atoms with E-state index in [1.165, 1.54) is 14.1 Å². The van der Waals surface area contributed by atoms with Crippen LogP contribution < -0.4 is 10.9 Å². The van der Waals surface area contributed by atoms with Crippen LogP contribution in [-0.4, -0.2) is 38.6 Å². The number of halogens is 1. The Labute approximate surface area is 157 Å². The summed E-state index contributed by atoms with van der Waals surface area (Å²) in [6, 6.07) is 8.04. The smallest absolute Gasteiger partial charge is 0.267 e. The second-order valence-electron chi connectivity index (χ2n) is 6.16. The van der Waals surface area contributed by atoms with Gasteiger partial charge in [0, 0.05) is 19.7 Å². The number of aryl methyl sites for hydroxylation is 2. The fourth-order valence-corrected chi connectivity index (χ4v) is 3.29. The molecule has 0 aliphatic carbocycles. The molecule has 2 N–H and O–H groups in total. The molecule has 7 nitrogen and oxygen atoms in total. The number of hydrazine groups is 1. The molecule has 0 fully saturated rings. The molecule has 0 aromatic heterocycles. The Morgan fingerprint density at radius 1 is 0.926 bits per heavy atom. The predicted octanol–water partition coefficient (Wildman–Crippen LogP) is 1.77. The van der Waals surface area contributed by atoms with E-state index in [2.05, 4.69) is 10.9 Å². The van der Waals surface area contributed by atoms with Crippen LogP contribution in [-0.2, 0) is 10.0 Å². The van der Waals surface area contributed by atoms with Gasteiger partial charge in [0.2, 0.25) is 10.0 Å². The summed E-state index contributed by atoms with van der Waals surface area (Å²) in [5, 5.41) is 0. The summed E-state index contributed by atoms with van der Waals surface area (Å²) in [5.74, 6) is -2.45. The monoisotopic (exact) mass is 393 g/mol. The molecular formula is C18H20FN3O4S. The van der Waals surface area contributed by atoms with E-state index in [4.69, 9.17) is 0 Å². The van der Waals surface area contributed by atoms with E-state index in [0.717, 1.165) is 28.1 Å². The van der Waals surface area contributed by atoms with Crippen LogP contribution in [0, 0.1) is 19.7 Å². The Kier molecular flexibility index (Phi) is 5.97. The first-order valence-corrected chi connectivity index (χ1v) is 9.38. The summed E-state index contributed by atoms with van der Waals surface area (Å²) in [6.07, 6.45) is 0. The predicted molar refractivity (Wildman–Crippen MR) is 98.1 cm³/mol. The minimum Gasteiger partial charge on any atom is -0.267 e. The summed E-state index contributed by atoms with van der Waals surface area (Å²) < 4.78 is 39.2. The van der Waals surface area contributed by atoms with Gasteiger partial charge in [0.15, 0.2) is 0 Å². The van der Waals surface area contributed by atoms with Crippen molar-refractivity contribution in [3.63, 3.8) is 0 Å². The average molecular weight is 393 g/mol. The Bertz CT molecular complexity index is 1000. The van der Waals surface area contributed by atoms with E-state index in [-0.39, 0.29) is 4.90 Å². The lowest BCUT2D eigenvalue weighted by Gasteiger charge is -2.13. The lowest BCUT2D eigenvalue weighted by Crippen LogP contribution is -2.42. The number of sulfonamides is 1. The van der Waals surface area contributed by atoms with Crippen LogP contribution in [0.25, 0.3) is 0 Å². The number of nitrogens with one attached hydrogen (secondary N) is 2. The first-order chi connectivity index (χ1) is 12.5. The van der Waals surface area contributed by atoms with Gasteiger partial charge in [0.05, 0.1) is 10.5 Å². The SMILES string of the molecule is Cc1ccc(C(=O)NNC(=O)c2cc(S(=O)(=O)N(C)C)ccc2F)c(C)c1. The summed E-state index contributed by atoms with van der Waals surface area (Å²) in [4.78, 5) is 24.2. The summed E-state index contributed by atoms with van der Waals surface area (Å²) in [6.45, 7) is 3.63. The highest BCUT2D eigenvalue weighted by molar-refractivity contribution is 7.89. The van der Waals surface area contributed by atoms with Gasteiger partial charge in [-0.2, -0.15) is 0 Å². The molecule has 0 heterocycles. The van der Waals surface area contributed by atoms with Crippen LogP contribution in [0.1, 0.15) is 31.8 Å². The van der Waals surface area contributed by atoms with Gasteiger partial charge in [-0.15, -0.1) is 0 Å². The second-order valence-corrected chi connectivity index (χ2v) is 8.31. The first kappa shape index (κ1) is 20.5. The maximum atomic E-state index is 14.0. The fraction of sp³-hybridized carbons (Fsp3) is 0.222. The molecule has 0 aliphatic rings. The molecule has 0 radical (unpaired) electrons. The van der Waals surface area contributed by atoms with Crippen molar-refractivity contribution in [2.24, 2.45) is 0 Å². The number of nitrogens with zero attached hydrogens (tertiary/aromatic N) is 1. The third-order valence-electron chi connectivity index (χ3n) is 3.88. The molecule has 0 aliphatic heterocycles. The van der Waals surface area contributed by atoms with Gasteiger partial charge in [-0.3, -0.25) is 20.4 Å². The van der Waals surface area contributed by atoms with Gasteiger partial charge in [0.1, 0.15) is 5.82 Å². The largest absolute Gasteiger partial charge is 0.272 e. The molecule has 27 heavy (non-hydrogen) atoms. The number of amides is 2. The molecule has 0 bridgehead atoms. The van der Waals surface area contributed by atoms with Crippen LogP contribution in [0.15, 0.2) is 41.3 Å². The van der Waals surface area contributed by atoms with Gasteiger partial charge in [-0.05, 0) is 43.7 Å². The van der Waals surface area contributed by atoms with Crippen molar-refractivity contribution in [3.05, 3.63) is 64.5 Å². The minimum absolute atomic E-state index is 0.236. The van der Waals surface area contributed by atoms with Crippen molar-refractivity contribution in [2.75, 3.05) is 14.1 Å². The molecule has 2 rings (SSSR count). The summed E-state index contributed by atoms with van der Waals surface area (Å²) in [5.41, 5.74) is 5.85. The topological polar surface area (TPSA) is 95.6 Å². The normalized spacial score (nSPS) is 11.3. The fourth-order valence-electron chi connectivity index (χ4n) is 2.37. The Balaban J connectivity index is 2.20. The Hall–Kier alpha value is -2.78. The van der Waals surface area contributed by atoms with Gasteiger partial charge in [-0.1, -0.05) is 17.7 Å². The van der Waals surface area contributed by atoms with Crippen molar-refractivity contribution < 1.29 is 22.4 Å². The molecule has 0 saturated carbocycles. The van der Waals surface area contributed by atoms with Crippen LogP contribution >= 0.6 is 0 Å². The van der Waals surface area contributed by atoms with Crippen LogP contribution in [0.4, 0.5) is 4.39 Å². The standard InChI is InChI=1S/C18H20FN3O4S/c1-11-5-7-14(12(2)9-11)17(23)20-21-18(24)15-10-13(6-8-16(15)19)27(25,26)22(3)4/h5-10H,1-4H3,(H,20,23)(H,21,24). The lowest BCUT2D eigenvalue weighted by molar-refractivity contribution is 0.0843. The number of rotatable bonds is 4. The van der Waals surface area contributed by atoms with Crippen molar-refractivity contribution in [1.29, 1.82) is 0 Å². The number of carbonyl (C=O) groups is 2. The first-order valence-electron chi connectivity index (χ1n) is 7.94. The number of benzene rings is 2. The van der Waals surface area contributed by atoms with E-state index < -0.39 is 33.2 Å². The zero-order valence-corrected chi connectivity index (χ0v) is 16.1. The quantitative estimate of drug-likeness (QED) is 0.774. The molecular weight excluding hydrogens is 373 g/mol. The molecule has 2 amide bonds. The molecule has 2 aromatic carbocycles. The van der Waals surface area contributed by atoms with Gasteiger partial charge in [-0.25, -0.2) is 17.1 Å². The van der Waals surface area contributed by atoms with E-state index in [0.29, 0.717) is 11.1 Å². The van der Waals surface area contributed by atoms with Gasteiger partial charge < -0.3 is 0 Å². The highest BCUT2D eigenvalue weighted by Crippen LogP contribution is 2.17. The average Bonchev–Trinajstić information content (AvgIpc) is 2.59. The number of hydrogen-bond donors (Lipinski definition) is 2. The van der Waals surface area contributed by atoms with Gasteiger partial charge in [0.25, 0.3) is 11.8 Å². The van der Waals surface area contributed by atoms with Crippen LogP contribution in [0.5, 0.6) is 0 Å². The zero-order chi connectivity index (χ0) is 20.4. The zero-order valence-electron chi connectivity index (χ0n) is 15.3. The minimum atomic E-state index is -3.83. The molecule has 0 atom stereocenters. The molecule has 144 valence electrons.